The van der Waals surface area contributed by atoms with E-state index >= 15 is 0 Å². The van der Waals surface area contributed by atoms with E-state index in [1.807, 2.05) is 85.1 Å². The Balaban J connectivity index is 1.71. The number of nitrogens with zero attached hydrogens (tertiary/aromatic N) is 3. The summed E-state index contributed by atoms with van der Waals surface area (Å²) >= 11 is 12.1. The largest absolute Gasteiger partial charge is 0.296 e. The van der Waals surface area contributed by atoms with Crippen LogP contribution >= 0.6 is 23.2 Å². The van der Waals surface area contributed by atoms with Crippen molar-refractivity contribution in [3.63, 3.8) is 0 Å². The highest BCUT2D eigenvalue weighted by molar-refractivity contribution is 6.30. The highest BCUT2D eigenvalue weighted by Gasteiger charge is 2.11. The van der Waals surface area contributed by atoms with Gasteiger partial charge in [0.25, 0.3) is 0 Å². The molecule has 29 heavy (non-hydrogen) atoms. The fraction of sp³-hybridized carbons (Fsp3) is 0. The second kappa shape index (κ2) is 7.36. The van der Waals surface area contributed by atoms with Gasteiger partial charge in [-0.3, -0.25) is 4.40 Å². The van der Waals surface area contributed by atoms with E-state index in [1.54, 1.807) is 0 Å². The molecule has 0 aliphatic rings. The Morgan fingerprint density at radius 2 is 1.41 bits per heavy atom. The first-order valence-corrected chi connectivity index (χ1v) is 9.90. The minimum atomic E-state index is 0.700. The smallest absolute Gasteiger partial charge is 0.164 e. The molecule has 2 heterocycles. The summed E-state index contributed by atoms with van der Waals surface area (Å²) in [7, 11) is 0. The molecule has 0 aliphatic heterocycles. The summed E-state index contributed by atoms with van der Waals surface area (Å²) < 4.78 is 2.09. The van der Waals surface area contributed by atoms with Crippen molar-refractivity contribution in [2.45, 2.75) is 0 Å². The van der Waals surface area contributed by atoms with Gasteiger partial charge in [0.2, 0.25) is 0 Å². The van der Waals surface area contributed by atoms with Gasteiger partial charge in [0.1, 0.15) is 5.69 Å². The van der Waals surface area contributed by atoms with Crippen LogP contribution in [0.3, 0.4) is 0 Å². The van der Waals surface area contributed by atoms with Crippen LogP contribution in [-0.2, 0) is 0 Å². The molecule has 0 amide bonds. The fourth-order valence-corrected chi connectivity index (χ4v) is 3.56. The van der Waals surface area contributed by atoms with Gasteiger partial charge in [0.15, 0.2) is 5.65 Å². The Bertz CT molecular complexity index is 1350. The maximum Gasteiger partial charge on any atom is 0.164 e. The normalized spacial score (nSPS) is 11.7. The first-order chi connectivity index (χ1) is 14.2. The number of halogens is 2. The number of imidazole rings is 1. The molecule has 0 N–H and O–H groups in total. The van der Waals surface area contributed by atoms with Crippen molar-refractivity contribution in [2.75, 3.05) is 0 Å². The van der Waals surface area contributed by atoms with Crippen molar-refractivity contribution in [3.05, 3.63) is 100 Å². The van der Waals surface area contributed by atoms with Crippen LogP contribution in [0.5, 0.6) is 0 Å². The van der Waals surface area contributed by atoms with Crippen molar-refractivity contribution in [3.8, 4) is 11.3 Å². The Labute approximate surface area is 177 Å². The van der Waals surface area contributed by atoms with Crippen molar-refractivity contribution in [1.29, 1.82) is 0 Å². The molecule has 0 radical (unpaired) electrons. The van der Waals surface area contributed by atoms with Gasteiger partial charge < -0.3 is 0 Å². The molecule has 3 aromatic carbocycles. The summed E-state index contributed by atoms with van der Waals surface area (Å²) in [6.07, 6.45) is 6.03. The van der Waals surface area contributed by atoms with Gasteiger partial charge in [0.05, 0.1) is 16.7 Å². The van der Waals surface area contributed by atoms with Crippen molar-refractivity contribution >= 4 is 52.0 Å². The second-order valence-corrected chi connectivity index (χ2v) is 7.57. The Morgan fingerprint density at radius 1 is 0.724 bits per heavy atom. The first kappa shape index (κ1) is 17.9. The quantitative estimate of drug-likeness (QED) is 0.316. The average molecular weight is 416 g/mol. The van der Waals surface area contributed by atoms with Crippen LogP contribution in [0.1, 0.15) is 11.3 Å². The van der Waals surface area contributed by atoms with E-state index in [9.17, 15) is 0 Å². The van der Waals surface area contributed by atoms with Crippen LogP contribution < -0.4 is 0 Å². The van der Waals surface area contributed by atoms with E-state index in [0.29, 0.717) is 10.0 Å². The van der Waals surface area contributed by atoms with Crippen molar-refractivity contribution < 1.29 is 0 Å². The molecule has 0 unspecified atom stereocenters. The summed E-state index contributed by atoms with van der Waals surface area (Å²) in [6.45, 7) is 0. The predicted molar refractivity (Wildman–Crippen MR) is 121 cm³/mol. The lowest BCUT2D eigenvalue weighted by Gasteiger charge is -2.06. The van der Waals surface area contributed by atoms with Crippen LogP contribution in [0.25, 0.3) is 40.1 Å². The molecule has 140 valence electrons. The molecule has 5 aromatic rings. The lowest BCUT2D eigenvalue weighted by Crippen LogP contribution is -1.96. The van der Waals surface area contributed by atoms with E-state index in [2.05, 4.69) is 10.5 Å². The highest BCUT2D eigenvalue weighted by Crippen LogP contribution is 2.26. The number of benzene rings is 3. The van der Waals surface area contributed by atoms with E-state index in [1.165, 1.54) is 0 Å². The van der Waals surface area contributed by atoms with E-state index < -0.39 is 0 Å². The molecular weight excluding hydrogens is 401 g/mol. The van der Waals surface area contributed by atoms with Gasteiger partial charge >= 0.3 is 0 Å². The number of rotatable bonds is 3. The fourth-order valence-electron chi connectivity index (χ4n) is 3.31. The topological polar surface area (TPSA) is 30.2 Å². The summed E-state index contributed by atoms with van der Waals surface area (Å²) in [5, 5.41) is 1.41. The molecule has 0 fully saturated rings. The van der Waals surface area contributed by atoms with Crippen LogP contribution in [0.15, 0.2) is 79.0 Å². The van der Waals surface area contributed by atoms with Gasteiger partial charge in [0, 0.05) is 21.8 Å². The van der Waals surface area contributed by atoms with E-state index in [4.69, 9.17) is 33.2 Å². The lowest BCUT2D eigenvalue weighted by molar-refractivity contribution is 1.14. The van der Waals surface area contributed by atoms with Crippen LogP contribution in [0.2, 0.25) is 10.0 Å². The lowest BCUT2D eigenvalue weighted by atomic mass is 10.1. The molecule has 0 aliphatic carbocycles. The van der Waals surface area contributed by atoms with Crippen LogP contribution in [0.4, 0.5) is 0 Å². The number of hydrogen-bond acceptors (Lipinski definition) is 2. The summed E-state index contributed by atoms with van der Waals surface area (Å²) in [5.41, 5.74) is 6.48. The number of fused-ring (bicyclic) bond motifs is 3. The van der Waals surface area contributed by atoms with Gasteiger partial charge in [-0.25, -0.2) is 9.97 Å². The molecular formula is C24H15Cl2N3. The summed E-state index contributed by atoms with van der Waals surface area (Å²) in [5.74, 6) is 0. The third-order valence-corrected chi connectivity index (χ3v) is 5.26. The van der Waals surface area contributed by atoms with E-state index in [0.717, 1.165) is 39.2 Å². The monoisotopic (exact) mass is 415 g/mol. The highest BCUT2D eigenvalue weighted by atomic mass is 35.5. The molecule has 0 atom stereocenters. The summed E-state index contributed by atoms with van der Waals surface area (Å²) in [6, 6.07) is 23.5. The SMILES string of the molecule is Clc1ccc(C=Cc2nc(-c3ccc(Cl)cc3)cn3c2nc2ccccc23)cc1. The zero-order valence-corrected chi connectivity index (χ0v) is 16.8. The van der Waals surface area contributed by atoms with Gasteiger partial charge in [-0.05, 0) is 48.0 Å². The molecule has 0 bridgehead atoms. The molecule has 0 saturated heterocycles. The third kappa shape index (κ3) is 3.51. The Morgan fingerprint density at radius 3 is 2.17 bits per heavy atom. The van der Waals surface area contributed by atoms with Gasteiger partial charge in [-0.2, -0.15) is 0 Å². The molecule has 2 aromatic heterocycles. The number of para-hydroxylation sites is 2. The van der Waals surface area contributed by atoms with Crippen molar-refractivity contribution in [1.82, 2.24) is 14.4 Å². The van der Waals surface area contributed by atoms with Crippen molar-refractivity contribution in [2.24, 2.45) is 0 Å². The third-order valence-electron chi connectivity index (χ3n) is 4.76. The maximum absolute atomic E-state index is 6.06. The standard InChI is InChI=1S/C24H15Cl2N3/c25-18-10-5-16(6-11-18)7-14-21-24-28-20-3-1-2-4-23(20)29(24)15-22(27-21)17-8-12-19(26)13-9-17/h1-15H. The average Bonchev–Trinajstić information content (AvgIpc) is 3.12. The Kier molecular flexibility index (Phi) is 4.55. The number of aromatic nitrogens is 3. The predicted octanol–water partition coefficient (Wildman–Crippen LogP) is 7.03. The molecule has 0 saturated carbocycles. The molecule has 0 spiro atoms. The Hall–Kier alpha value is -3.14. The molecule has 3 nitrogen and oxygen atoms in total. The molecule has 5 rings (SSSR count). The zero-order valence-electron chi connectivity index (χ0n) is 15.3. The maximum atomic E-state index is 6.06. The molecule has 5 heteroatoms. The van der Waals surface area contributed by atoms with E-state index in [-0.39, 0.29) is 0 Å². The first-order valence-electron chi connectivity index (χ1n) is 9.15. The van der Waals surface area contributed by atoms with Gasteiger partial charge in [-0.15, -0.1) is 0 Å². The van der Waals surface area contributed by atoms with Crippen LogP contribution in [0, 0.1) is 0 Å². The zero-order chi connectivity index (χ0) is 19.8. The minimum absolute atomic E-state index is 0.700. The van der Waals surface area contributed by atoms with Gasteiger partial charge in [-0.1, -0.05) is 65.7 Å². The number of hydrogen-bond donors (Lipinski definition) is 0. The minimum Gasteiger partial charge on any atom is -0.296 e. The second-order valence-electron chi connectivity index (χ2n) is 6.70. The summed E-state index contributed by atoms with van der Waals surface area (Å²) in [4.78, 5) is 9.69. The van der Waals surface area contributed by atoms with Crippen LogP contribution in [-0.4, -0.2) is 14.4 Å².